The molecule has 1 atom stereocenters. The molecule has 1 saturated carbocycles. The summed E-state index contributed by atoms with van der Waals surface area (Å²) < 4.78 is 0. The maximum Gasteiger partial charge on any atom is 0.0499 e. The zero-order chi connectivity index (χ0) is 13.1. The number of hydrogen-bond acceptors (Lipinski definition) is 2. The fourth-order valence-corrected chi connectivity index (χ4v) is 3.53. The van der Waals surface area contributed by atoms with Crippen molar-refractivity contribution in [2.45, 2.75) is 37.8 Å². The molecule has 0 radical (unpaired) electrons. The smallest absolute Gasteiger partial charge is 0.0499 e. The van der Waals surface area contributed by atoms with E-state index in [9.17, 15) is 0 Å². The van der Waals surface area contributed by atoms with E-state index < -0.39 is 0 Å². The van der Waals surface area contributed by atoms with Crippen LogP contribution in [-0.2, 0) is 0 Å². The maximum atomic E-state index is 6.29. The van der Waals surface area contributed by atoms with Crippen molar-refractivity contribution in [1.82, 2.24) is 4.90 Å². The Labute approximate surface area is 119 Å². The third-order valence-corrected chi connectivity index (χ3v) is 4.61. The van der Waals surface area contributed by atoms with Crippen molar-refractivity contribution in [2.75, 3.05) is 13.6 Å². The minimum Gasteiger partial charge on any atom is -0.329 e. The first-order valence-corrected chi connectivity index (χ1v) is 7.26. The van der Waals surface area contributed by atoms with Crippen molar-refractivity contribution in [2.24, 2.45) is 5.73 Å². The van der Waals surface area contributed by atoms with E-state index in [2.05, 4.69) is 11.9 Å². The first-order chi connectivity index (χ1) is 8.65. The van der Waals surface area contributed by atoms with Gasteiger partial charge in [0.05, 0.1) is 0 Å². The molecule has 0 aliphatic heterocycles. The highest BCUT2D eigenvalue weighted by Crippen LogP contribution is 2.36. The van der Waals surface area contributed by atoms with Gasteiger partial charge in [0.15, 0.2) is 0 Å². The molecule has 1 unspecified atom stereocenters. The van der Waals surface area contributed by atoms with E-state index in [4.69, 9.17) is 28.9 Å². The van der Waals surface area contributed by atoms with Gasteiger partial charge in [0, 0.05) is 34.2 Å². The molecule has 100 valence electrons. The van der Waals surface area contributed by atoms with Crippen LogP contribution < -0.4 is 5.73 Å². The van der Waals surface area contributed by atoms with Gasteiger partial charge in [-0.05, 0) is 32.0 Å². The molecule has 2 nitrogen and oxygen atoms in total. The quantitative estimate of drug-likeness (QED) is 0.911. The first kappa shape index (κ1) is 14.1. The van der Waals surface area contributed by atoms with E-state index in [-0.39, 0.29) is 6.04 Å². The Morgan fingerprint density at radius 2 is 1.83 bits per heavy atom. The van der Waals surface area contributed by atoms with Crippen LogP contribution in [0, 0.1) is 0 Å². The van der Waals surface area contributed by atoms with E-state index >= 15 is 0 Å². The minimum absolute atomic E-state index is 0.106. The second-order valence-electron chi connectivity index (χ2n) is 4.99. The van der Waals surface area contributed by atoms with Gasteiger partial charge in [-0.1, -0.05) is 42.1 Å². The summed E-state index contributed by atoms with van der Waals surface area (Å²) in [5, 5.41) is 1.42. The van der Waals surface area contributed by atoms with Crippen LogP contribution in [-0.4, -0.2) is 24.5 Å². The summed E-state index contributed by atoms with van der Waals surface area (Å²) in [6.07, 6.45) is 5.11. The molecule has 18 heavy (non-hydrogen) atoms. The van der Waals surface area contributed by atoms with Gasteiger partial charge in [-0.25, -0.2) is 0 Å². The van der Waals surface area contributed by atoms with Gasteiger partial charge in [-0.3, -0.25) is 4.90 Å². The van der Waals surface area contributed by atoms with E-state index in [1.807, 2.05) is 18.2 Å². The number of benzene rings is 1. The van der Waals surface area contributed by atoms with Crippen molar-refractivity contribution >= 4 is 23.2 Å². The Balaban J connectivity index is 2.27. The number of nitrogens with zero attached hydrogens (tertiary/aromatic N) is 1. The predicted octanol–water partition coefficient (Wildman–Crippen LogP) is 3.87. The highest BCUT2D eigenvalue weighted by Gasteiger charge is 2.28. The van der Waals surface area contributed by atoms with Gasteiger partial charge in [0.1, 0.15) is 0 Å². The summed E-state index contributed by atoms with van der Waals surface area (Å²) >= 11 is 12.6. The van der Waals surface area contributed by atoms with Gasteiger partial charge in [0.25, 0.3) is 0 Å². The van der Waals surface area contributed by atoms with Crippen LogP contribution in [0.2, 0.25) is 10.0 Å². The van der Waals surface area contributed by atoms with Gasteiger partial charge in [0.2, 0.25) is 0 Å². The molecule has 0 heterocycles. The molecule has 4 heteroatoms. The number of halogens is 2. The summed E-state index contributed by atoms with van der Waals surface area (Å²) in [7, 11) is 2.13. The third kappa shape index (κ3) is 2.83. The third-order valence-electron chi connectivity index (χ3n) is 3.95. The van der Waals surface area contributed by atoms with Gasteiger partial charge in [-0.15, -0.1) is 0 Å². The molecule has 1 aromatic rings. The zero-order valence-corrected chi connectivity index (χ0v) is 12.2. The first-order valence-electron chi connectivity index (χ1n) is 6.51. The van der Waals surface area contributed by atoms with Crippen molar-refractivity contribution in [3.8, 4) is 0 Å². The van der Waals surface area contributed by atoms with Gasteiger partial charge in [-0.2, -0.15) is 0 Å². The largest absolute Gasteiger partial charge is 0.329 e. The lowest BCUT2D eigenvalue weighted by Gasteiger charge is -2.33. The lowest BCUT2D eigenvalue weighted by Crippen LogP contribution is -2.37. The van der Waals surface area contributed by atoms with E-state index in [1.54, 1.807) is 0 Å². The number of hydrogen-bond donors (Lipinski definition) is 1. The zero-order valence-electron chi connectivity index (χ0n) is 10.7. The Morgan fingerprint density at radius 1 is 1.28 bits per heavy atom. The lowest BCUT2D eigenvalue weighted by molar-refractivity contribution is 0.179. The van der Waals surface area contributed by atoms with Crippen LogP contribution in [0.5, 0.6) is 0 Å². The standard InChI is InChI=1S/C14H20Cl2N2/c1-18(10-5-2-3-6-10)13(9-17)14-11(15)7-4-8-12(14)16/h4,7-8,10,13H,2-3,5-6,9,17H2,1H3. The van der Waals surface area contributed by atoms with Gasteiger partial charge < -0.3 is 5.73 Å². The molecule has 1 fully saturated rings. The number of rotatable bonds is 4. The molecule has 0 amide bonds. The molecular formula is C14H20Cl2N2. The van der Waals surface area contributed by atoms with Crippen LogP contribution in [0.4, 0.5) is 0 Å². The Morgan fingerprint density at radius 3 is 2.33 bits per heavy atom. The highest BCUT2D eigenvalue weighted by atomic mass is 35.5. The van der Waals surface area contributed by atoms with E-state index in [0.717, 1.165) is 5.56 Å². The maximum absolute atomic E-state index is 6.29. The predicted molar refractivity (Wildman–Crippen MR) is 78.3 cm³/mol. The normalized spacial score (nSPS) is 18.5. The molecule has 0 bridgehead atoms. The summed E-state index contributed by atoms with van der Waals surface area (Å²) in [5.74, 6) is 0. The topological polar surface area (TPSA) is 29.3 Å². The molecular weight excluding hydrogens is 267 g/mol. The number of nitrogens with two attached hydrogens (primary N) is 1. The second-order valence-corrected chi connectivity index (χ2v) is 5.80. The molecule has 0 saturated heterocycles. The molecule has 1 aliphatic rings. The van der Waals surface area contributed by atoms with E-state index in [1.165, 1.54) is 25.7 Å². The Kier molecular flexibility index (Phi) is 4.91. The summed E-state index contributed by atoms with van der Waals surface area (Å²) in [5.41, 5.74) is 6.92. The highest BCUT2D eigenvalue weighted by molar-refractivity contribution is 6.36. The fourth-order valence-electron chi connectivity index (χ4n) is 2.88. The van der Waals surface area contributed by atoms with Crippen LogP contribution >= 0.6 is 23.2 Å². The molecule has 1 aliphatic carbocycles. The lowest BCUT2D eigenvalue weighted by atomic mass is 10.0. The minimum atomic E-state index is 0.106. The van der Waals surface area contributed by atoms with Crippen molar-refractivity contribution in [3.63, 3.8) is 0 Å². The second kappa shape index (κ2) is 6.25. The average Bonchev–Trinajstić information content (AvgIpc) is 2.87. The fraction of sp³-hybridized carbons (Fsp3) is 0.571. The molecule has 2 rings (SSSR count). The molecule has 2 N–H and O–H groups in total. The summed E-state index contributed by atoms with van der Waals surface area (Å²) in [6.45, 7) is 0.538. The monoisotopic (exact) mass is 286 g/mol. The van der Waals surface area contributed by atoms with Crippen LogP contribution in [0.15, 0.2) is 18.2 Å². The van der Waals surface area contributed by atoms with Gasteiger partial charge >= 0.3 is 0 Å². The molecule has 1 aromatic carbocycles. The van der Waals surface area contributed by atoms with Crippen molar-refractivity contribution < 1.29 is 0 Å². The van der Waals surface area contributed by atoms with Crippen LogP contribution in [0.1, 0.15) is 37.3 Å². The Bertz CT molecular complexity index is 383. The Hall–Kier alpha value is -0.280. The van der Waals surface area contributed by atoms with Crippen LogP contribution in [0.25, 0.3) is 0 Å². The molecule has 0 aromatic heterocycles. The van der Waals surface area contributed by atoms with E-state index in [0.29, 0.717) is 22.6 Å². The molecule has 0 spiro atoms. The number of likely N-dealkylation sites (N-methyl/N-ethyl adjacent to an activating group) is 1. The van der Waals surface area contributed by atoms with Crippen molar-refractivity contribution in [3.05, 3.63) is 33.8 Å². The summed E-state index contributed by atoms with van der Waals surface area (Å²) in [6, 6.07) is 6.35. The summed E-state index contributed by atoms with van der Waals surface area (Å²) in [4.78, 5) is 2.35. The van der Waals surface area contributed by atoms with Crippen molar-refractivity contribution in [1.29, 1.82) is 0 Å². The average molecular weight is 287 g/mol. The SMILES string of the molecule is CN(C1CCCC1)C(CN)c1c(Cl)cccc1Cl. The van der Waals surface area contributed by atoms with Crippen LogP contribution in [0.3, 0.4) is 0 Å².